The van der Waals surface area contributed by atoms with Crippen molar-refractivity contribution >= 4 is 29.2 Å². The molecule has 0 aliphatic rings. The van der Waals surface area contributed by atoms with Gasteiger partial charge in [-0.05, 0) is 55.0 Å². The van der Waals surface area contributed by atoms with Gasteiger partial charge in [-0.25, -0.2) is 0 Å². The molecule has 7 heteroatoms. The van der Waals surface area contributed by atoms with Crippen LogP contribution >= 0.6 is 23.2 Å². The standard InChI is InChI=1S/C24H23Cl2NO4/c1-2-31-22-6-4-3-5-17(22)11-12-21-19(25)15-20(26)23(28)27(21)14-13-16-7-9-18(10-8-16)24(29)30/h3-10,15H,2,11-14H2,1H3,(H,29,30)/p-1. The van der Waals surface area contributed by atoms with E-state index in [1.165, 1.54) is 18.2 Å². The third-order valence-electron chi connectivity index (χ3n) is 5.02. The lowest BCUT2D eigenvalue weighted by molar-refractivity contribution is -0.255. The predicted octanol–water partition coefficient (Wildman–Crippen LogP) is 3.95. The Morgan fingerprint density at radius 2 is 1.71 bits per heavy atom. The fourth-order valence-electron chi connectivity index (χ4n) is 3.44. The van der Waals surface area contributed by atoms with E-state index in [1.54, 1.807) is 16.7 Å². The van der Waals surface area contributed by atoms with Crippen LogP contribution in [0.25, 0.3) is 0 Å². The minimum absolute atomic E-state index is 0.0655. The maximum Gasteiger partial charge on any atom is 0.269 e. The van der Waals surface area contributed by atoms with Crippen LogP contribution in [0, 0.1) is 0 Å². The Morgan fingerprint density at radius 1 is 1.00 bits per heavy atom. The van der Waals surface area contributed by atoms with Crippen molar-refractivity contribution in [3.63, 3.8) is 0 Å². The Kier molecular flexibility index (Phi) is 7.77. The van der Waals surface area contributed by atoms with E-state index in [9.17, 15) is 14.7 Å². The lowest BCUT2D eigenvalue weighted by Gasteiger charge is -2.16. The Bertz CT molecular complexity index is 1120. The minimum atomic E-state index is -1.22. The van der Waals surface area contributed by atoms with E-state index < -0.39 is 5.97 Å². The van der Waals surface area contributed by atoms with Crippen LogP contribution in [0.1, 0.15) is 34.1 Å². The fourth-order valence-corrected chi connectivity index (χ4v) is 4.01. The highest BCUT2D eigenvalue weighted by atomic mass is 35.5. The van der Waals surface area contributed by atoms with Gasteiger partial charge in [0, 0.05) is 12.2 Å². The minimum Gasteiger partial charge on any atom is -0.545 e. The predicted molar refractivity (Wildman–Crippen MR) is 120 cm³/mol. The van der Waals surface area contributed by atoms with Gasteiger partial charge >= 0.3 is 0 Å². The Labute approximate surface area is 190 Å². The van der Waals surface area contributed by atoms with Gasteiger partial charge in [-0.1, -0.05) is 65.7 Å². The molecule has 31 heavy (non-hydrogen) atoms. The van der Waals surface area contributed by atoms with Crippen LogP contribution in [0.4, 0.5) is 0 Å². The molecule has 0 aliphatic heterocycles. The molecule has 1 aromatic heterocycles. The summed E-state index contributed by atoms with van der Waals surface area (Å²) in [6, 6.07) is 15.7. The highest BCUT2D eigenvalue weighted by Crippen LogP contribution is 2.24. The number of benzene rings is 2. The first kappa shape index (κ1) is 22.9. The van der Waals surface area contributed by atoms with Crippen LogP contribution < -0.4 is 15.4 Å². The monoisotopic (exact) mass is 458 g/mol. The molecule has 0 bridgehead atoms. The molecule has 0 amide bonds. The van der Waals surface area contributed by atoms with E-state index in [0.717, 1.165) is 16.9 Å². The highest BCUT2D eigenvalue weighted by molar-refractivity contribution is 6.34. The molecule has 0 radical (unpaired) electrons. The summed E-state index contributed by atoms with van der Waals surface area (Å²) < 4.78 is 7.29. The second-order valence-electron chi connectivity index (χ2n) is 7.02. The second kappa shape index (κ2) is 10.5. The SMILES string of the molecule is CCOc1ccccc1CCc1c(Cl)cc(Cl)c(=O)n1CCc1ccc(C(=O)[O-])cc1. The molecule has 3 aromatic rings. The van der Waals surface area contributed by atoms with Crippen LogP contribution in [0.5, 0.6) is 5.75 Å². The quantitative estimate of drug-likeness (QED) is 0.486. The first-order valence-electron chi connectivity index (χ1n) is 9.99. The smallest absolute Gasteiger partial charge is 0.269 e. The largest absolute Gasteiger partial charge is 0.545 e. The van der Waals surface area contributed by atoms with Crippen molar-refractivity contribution in [2.45, 2.75) is 32.7 Å². The maximum atomic E-state index is 12.7. The molecule has 0 atom stereocenters. The van der Waals surface area contributed by atoms with E-state index in [-0.39, 0.29) is 16.1 Å². The molecule has 0 fully saturated rings. The summed E-state index contributed by atoms with van der Waals surface area (Å²) in [6.07, 6.45) is 1.71. The molecule has 1 heterocycles. The lowest BCUT2D eigenvalue weighted by Crippen LogP contribution is -2.26. The van der Waals surface area contributed by atoms with E-state index >= 15 is 0 Å². The zero-order valence-corrected chi connectivity index (χ0v) is 18.6. The number of carboxylic acid groups (broad SMARTS) is 1. The number of halogens is 2. The number of hydrogen-bond donors (Lipinski definition) is 0. The number of hydrogen-bond acceptors (Lipinski definition) is 4. The molecule has 5 nitrogen and oxygen atoms in total. The lowest BCUT2D eigenvalue weighted by atomic mass is 10.1. The maximum absolute atomic E-state index is 12.7. The van der Waals surface area contributed by atoms with Gasteiger partial charge in [0.2, 0.25) is 0 Å². The zero-order chi connectivity index (χ0) is 22.4. The summed E-state index contributed by atoms with van der Waals surface area (Å²) in [5.41, 5.74) is 2.44. The van der Waals surface area contributed by atoms with E-state index in [1.807, 2.05) is 31.2 Å². The number of aromatic carboxylic acids is 1. The molecule has 162 valence electrons. The summed E-state index contributed by atoms with van der Waals surface area (Å²) in [7, 11) is 0. The number of nitrogens with zero attached hydrogens (tertiary/aromatic N) is 1. The summed E-state index contributed by atoms with van der Waals surface area (Å²) in [6.45, 7) is 2.87. The van der Waals surface area contributed by atoms with Gasteiger partial charge in [-0.15, -0.1) is 0 Å². The Morgan fingerprint density at radius 3 is 2.39 bits per heavy atom. The van der Waals surface area contributed by atoms with Crippen molar-refractivity contribution in [2.24, 2.45) is 0 Å². The molecule has 0 spiro atoms. The van der Waals surface area contributed by atoms with E-state index in [0.29, 0.717) is 43.1 Å². The van der Waals surface area contributed by atoms with Crippen molar-refractivity contribution < 1.29 is 14.6 Å². The number of aryl methyl sites for hydroxylation is 2. The number of carboxylic acids is 1. The van der Waals surface area contributed by atoms with Crippen molar-refractivity contribution in [1.29, 1.82) is 0 Å². The van der Waals surface area contributed by atoms with Gasteiger partial charge in [0.25, 0.3) is 5.56 Å². The fraction of sp³-hybridized carbons (Fsp3) is 0.250. The van der Waals surface area contributed by atoms with Crippen LogP contribution in [0.2, 0.25) is 10.0 Å². The van der Waals surface area contributed by atoms with Gasteiger partial charge in [-0.2, -0.15) is 0 Å². The molecule has 0 N–H and O–H groups in total. The van der Waals surface area contributed by atoms with Crippen LogP contribution in [-0.4, -0.2) is 17.1 Å². The Balaban J connectivity index is 1.83. The number of ether oxygens (including phenoxy) is 1. The topological polar surface area (TPSA) is 71.4 Å². The van der Waals surface area contributed by atoms with E-state index in [2.05, 4.69) is 0 Å². The zero-order valence-electron chi connectivity index (χ0n) is 17.1. The molecule has 0 aliphatic carbocycles. The summed E-state index contributed by atoms with van der Waals surface area (Å²) in [5, 5.41) is 11.4. The second-order valence-corrected chi connectivity index (χ2v) is 7.83. The van der Waals surface area contributed by atoms with Gasteiger partial charge in [0.05, 0.1) is 17.6 Å². The highest BCUT2D eigenvalue weighted by Gasteiger charge is 2.14. The summed E-state index contributed by atoms with van der Waals surface area (Å²) in [5.74, 6) is -0.406. The van der Waals surface area contributed by atoms with Crippen molar-refractivity contribution in [3.8, 4) is 5.75 Å². The Hall–Kier alpha value is -2.76. The third kappa shape index (κ3) is 5.69. The number of carbonyl (C=O) groups is 1. The van der Waals surface area contributed by atoms with Gasteiger partial charge in [-0.3, -0.25) is 4.79 Å². The van der Waals surface area contributed by atoms with E-state index in [4.69, 9.17) is 27.9 Å². The van der Waals surface area contributed by atoms with Crippen molar-refractivity contribution in [1.82, 2.24) is 4.57 Å². The first-order valence-corrected chi connectivity index (χ1v) is 10.7. The molecule has 0 saturated heterocycles. The van der Waals surface area contributed by atoms with Crippen molar-refractivity contribution in [3.05, 3.63) is 97.4 Å². The number of rotatable bonds is 9. The number of carbonyl (C=O) groups excluding carboxylic acids is 1. The van der Waals surface area contributed by atoms with Gasteiger partial charge in [0.1, 0.15) is 10.8 Å². The molecule has 2 aromatic carbocycles. The molecule has 0 unspecified atom stereocenters. The third-order valence-corrected chi connectivity index (χ3v) is 5.62. The first-order chi connectivity index (χ1) is 14.9. The van der Waals surface area contributed by atoms with Gasteiger partial charge in [0.15, 0.2) is 0 Å². The average molecular weight is 459 g/mol. The van der Waals surface area contributed by atoms with Crippen LogP contribution in [-0.2, 0) is 25.8 Å². The average Bonchev–Trinajstić information content (AvgIpc) is 2.76. The molecular weight excluding hydrogens is 437 g/mol. The number of para-hydroxylation sites is 1. The molecule has 3 rings (SSSR count). The number of aromatic nitrogens is 1. The summed E-state index contributed by atoms with van der Waals surface area (Å²) >= 11 is 12.6. The van der Waals surface area contributed by atoms with Crippen LogP contribution in [0.3, 0.4) is 0 Å². The molecule has 0 saturated carbocycles. The number of pyridine rings is 1. The normalized spacial score (nSPS) is 10.8. The van der Waals surface area contributed by atoms with Gasteiger partial charge < -0.3 is 19.2 Å². The van der Waals surface area contributed by atoms with Crippen LogP contribution in [0.15, 0.2) is 59.4 Å². The van der Waals surface area contributed by atoms with Crippen molar-refractivity contribution in [2.75, 3.05) is 6.61 Å². The summed E-state index contributed by atoms with van der Waals surface area (Å²) in [4.78, 5) is 23.7. The molecular formula is C24H22Cl2NO4-.